The predicted octanol–water partition coefficient (Wildman–Crippen LogP) is 10.1. The van der Waals surface area contributed by atoms with Gasteiger partial charge < -0.3 is 25.6 Å². The van der Waals surface area contributed by atoms with E-state index in [0.29, 0.717) is 43.1 Å². The van der Waals surface area contributed by atoms with Gasteiger partial charge in [-0.2, -0.15) is 0 Å². The number of hydrogen-bond acceptors (Lipinski definition) is 6. The summed E-state index contributed by atoms with van der Waals surface area (Å²) in [5, 5.41) is 25.2. The first kappa shape index (κ1) is 48.1. The molecule has 11 atom stereocenters. The number of aliphatic carboxylic acids is 2. The maximum absolute atomic E-state index is 14.6. The van der Waals surface area contributed by atoms with Crippen molar-refractivity contribution >= 4 is 29.7 Å². The van der Waals surface area contributed by atoms with Gasteiger partial charge in [0.2, 0.25) is 11.8 Å². The second-order valence-corrected chi connectivity index (χ2v) is 22.9. The van der Waals surface area contributed by atoms with Gasteiger partial charge in [0.15, 0.2) is 0 Å². The summed E-state index contributed by atoms with van der Waals surface area (Å²) >= 11 is 0. The van der Waals surface area contributed by atoms with Crippen LogP contribution in [0.3, 0.4) is 0 Å². The standard InChI is InChI=1S/C50H82N2O8/c1-31(2)29-35(42(55)56)52-39(53)17-15-13-12-14-16-28-51-43(57)50-25-20-33(32(3)4)41(50)34-18-19-37-47(9)23-22-38(60-40(54)30-45(5,6)44(58)59)46(7,8)36(47)21-24-49(37,11)48(34,10)26-27-50/h31,33-38,41H,3,12-30H2,1-2,4-11H3,(H,51,57)(H,52,53)(H,55,56)(H,58,59)/t33?,34-,35?,36+,37?,38+,41-,47+,48-,49-,50+/m1/s1. The normalized spacial score (nSPS) is 36.1. The van der Waals surface area contributed by atoms with Gasteiger partial charge in [-0.15, -0.1) is 0 Å². The summed E-state index contributed by atoms with van der Waals surface area (Å²) in [4.78, 5) is 63.3. The Morgan fingerprint density at radius 1 is 0.800 bits per heavy atom. The summed E-state index contributed by atoms with van der Waals surface area (Å²) < 4.78 is 6.18. The molecule has 0 aromatic carbocycles. The number of hydrogen-bond donors (Lipinski definition) is 4. The highest BCUT2D eigenvalue weighted by Crippen LogP contribution is 2.77. The smallest absolute Gasteiger partial charge is 0.326 e. The quantitative estimate of drug-likeness (QED) is 0.0603. The van der Waals surface area contributed by atoms with Gasteiger partial charge in [-0.05, 0) is 156 Å². The van der Waals surface area contributed by atoms with Gasteiger partial charge in [0, 0.05) is 18.4 Å². The van der Waals surface area contributed by atoms with Gasteiger partial charge in [-0.3, -0.25) is 19.2 Å². The van der Waals surface area contributed by atoms with Gasteiger partial charge in [-0.1, -0.05) is 79.9 Å². The van der Waals surface area contributed by atoms with E-state index in [-0.39, 0.29) is 63.2 Å². The molecule has 5 fully saturated rings. The van der Waals surface area contributed by atoms with E-state index in [0.717, 1.165) is 96.3 Å². The number of fused-ring (bicyclic) bond motifs is 7. The lowest BCUT2D eigenvalue weighted by molar-refractivity contribution is -0.249. The fraction of sp³-hybridized carbons (Fsp3) is 0.860. The molecule has 0 radical (unpaired) electrons. The van der Waals surface area contributed by atoms with Gasteiger partial charge >= 0.3 is 17.9 Å². The van der Waals surface area contributed by atoms with Crippen molar-refractivity contribution in [3.8, 4) is 0 Å². The second-order valence-electron chi connectivity index (χ2n) is 22.9. The van der Waals surface area contributed by atoms with Crippen LogP contribution in [0.25, 0.3) is 0 Å². The SMILES string of the molecule is C=C(C)C1CC[C@]2(C(=O)NCCCCCCCC(=O)NC(CC(C)C)C(=O)O)CC[C@]3(C)[C@H](CCC4[C@@]5(C)CC[C@H](OC(=O)CC(C)(C)C(=O)O)C(C)(C)[C@@H]5CC[C@]43C)[C@@H]12. The number of rotatable bonds is 18. The number of amides is 2. The Hall–Kier alpha value is -2.91. The van der Waals surface area contributed by atoms with Crippen molar-refractivity contribution in [2.45, 2.75) is 197 Å². The van der Waals surface area contributed by atoms with Crippen molar-refractivity contribution in [3.05, 3.63) is 12.2 Å². The Morgan fingerprint density at radius 2 is 1.47 bits per heavy atom. The molecule has 2 amide bonds. The van der Waals surface area contributed by atoms with Crippen molar-refractivity contribution in [1.82, 2.24) is 10.6 Å². The van der Waals surface area contributed by atoms with Crippen LogP contribution in [0.2, 0.25) is 0 Å². The highest BCUT2D eigenvalue weighted by Gasteiger charge is 2.72. The van der Waals surface area contributed by atoms with E-state index in [1.165, 1.54) is 5.57 Å². The van der Waals surface area contributed by atoms with Gasteiger partial charge in [0.25, 0.3) is 0 Å². The summed E-state index contributed by atoms with van der Waals surface area (Å²) in [6, 6.07) is -0.835. The van der Waals surface area contributed by atoms with E-state index in [1.54, 1.807) is 13.8 Å². The maximum atomic E-state index is 14.6. The molecule has 4 N–H and O–H groups in total. The third kappa shape index (κ3) is 8.96. The zero-order chi connectivity index (χ0) is 44.6. The zero-order valence-corrected chi connectivity index (χ0v) is 39.1. The molecular weight excluding hydrogens is 757 g/mol. The average Bonchev–Trinajstić information content (AvgIpc) is 3.55. The highest BCUT2D eigenvalue weighted by molar-refractivity contribution is 5.84. The van der Waals surface area contributed by atoms with Crippen LogP contribution < -0.4 is 10.6 Å². The third-order valence-corrected chi connectivity index (χ3v) is 18.1. The van der Waals surface area contributed by atoms with E-state index in [9.17, 15) is 34.2 Å². The molecule has 0 saturated heterocycles. The first-order chi connectivity index (χ1) is 27.9. The fourth-order valence-corrected chi connectivity index (χ4v) is 14.6. The van der Waals surface area contributed by atoms with Crippen LogP contribution >= 0.6 is 0 Å². The minimum absolute atomic E-state index is 0.0894. The Balaban J connectivity index is 1.20. The molecule has 5 aliphatic carbocycles. The first-order valence-electron chi connectivity index (χ1n) is 23.8. The Kier molecular flexibility index (Phi) is 14.5. The van der Waals surface area contributed by atoms with Crippen LogP contribution in [0.4, 0.5) is 0 Å². The predicted molar refractivity (Wildman–Crippen MR) is 235 cm³/mol. The van der Waals surface area contributed by atoms with Crippen LogP contribution in [0.15, 0.2) is 12.2 Å². The van der Waals surface area contributed by atoms with Crippen molar-refractivity contribution in [1.29, 1.82) is 0 Å². The Morgan fingerprint density at radius 3 is 2.10 bits per heavy atom. The molecule has 60 heavy (non-hydrogen) atoms. The maximum Gasteiger partial charge on any atom is 0.326 e. The molecule has 0 bridgehead atoms. The van der Waals surface area contributed by atoms with Gasteiger partial charge in [0.05, 0.1) is 17.3 Å². The second kappa shape index (κ2) is 18.1. The highest BCUT2D eigenvalue weighted by atomic mass is 16.5. The van der Waals surface area contributed by atoms with Crippen LogP contribution in [-0.4, -0.2) is 58.6 Å². The average molecular weight is 839 g/mol. The van der Waals surface area contributed by atoms with E-state index in [1.807, 2.05) is 13.8 Å². The zero-order valence-electron chi connectivity index (χ0n) is 39.1. The summed E-state index contributed by atoms with van der Waals surface area (Å²) in [5.41, 5.74) is -0.255. The van der Waals surface area contributed by atoms with E-state index >= 15 is 0 Å². The molecule has 0 aliphatic heterocycles. The molecule has 0 heterocycles. The lowest BCUT2D eigenvalue weighted by Gasteiger charge is -2.72. The van der Waals surface area contributed by atoms with Gasteiger partial charge in [-0.25, -0.2) is 4.79 Å². The van der Waals surface area contributed by atoms with Crippen LogP contribution in [-0.2, 0) is 28.7 Å². The number of carbonyl (C=O) groups excluding carboxylic acids is 3. The summed E-state index contributed by atoms with van der Waals surface area (Å²) in [5.74, 6) is -0.177. The molecule has 0 aromatic rings. The summed E-state index contributed by atoms with van der Waals surface area (Å²) in [6.07, 6.45) is 15.0. The van der Waals surface area contributed by atoms with Crippen molar-refractivity contribution in [3.63, 3.8) is 0 Å². The first-order valence-corrected chi connectivity index (χ1v) is 23.8. The van der Waals surface area contributed by atoms with Gasteiger partial charge in [0.1, 0.15) is 12.1 Å². The Labute approximate surface area is 362 Å². The molecule has 3 unspecified atom stereocenters. The number of ether oxygens (including phenoxy) is 1. The summed E-state index contributed by atoms with van der Waals surface area (Å²) in [7, 11) is 0. The molecule has 5 saturated carbocycles. The lowest BCUT2D eigenvalue weighted by Crippen LogP contribution is -2.67. The van der Waals surface area contributed by atoms with Crippen molar-refractivity contribution in [2.75, 3.05) is 6.54 Å². The number of carbonyl (C=O) groups is 5. The number of allylic oxidation sites excluding steroid dienone is 1. The molecule has 0 aromatic heterocycles. The monoisotopic (exact) mass is 839 g/mol. The van der Waals surface area contributed by atoms with Crippen LogP contribution in [0, 0.1) is 68.0 Å². The molecular formula is C50H82N2O8. The topological polar surface area (TPSA) is 159 Å². The van der Waals surface area contributed by atoms with E-state index < -0.39 is 29.4 Å². The number of unbranched alkanes of at least 4 members (excludes halogenated alkanes) is 4. The van der Waals surface area contributed by atoms with E-state index in [4.69, 9.17) is 4.74 Å². The third-order valence-electron chi connectivity index (χ3n) is 18.1. The number of nitrogens with one attached hydrogen (secondary N) is 2. The number of esters is 1. The minimum Gasteiger partial charge on any atom is -0.481 e. The number of carboxylic acid groups (broad SMARTS) is 2. The van der Waals surface area contributed by atoms with Crippen LogP contribution in [0.1, 0.15) is 185 Å². The molecule has 10 heteroatoms. The summed E-state index contributed by atoms with van der Waals surface area (Å²) in [6.45, 7) is 26.7. The van der Waals surface area contributed by atoms with Crippen molar-refractivity contribution in [2.24, 2.45) is 68.0 Å². The molecule has 10 nitrogen and oxygen atoms in total. The molecule has 5 aliphatic rings. The largest absolute Gasteiger partial charge is 0.481 e. The van der Waals surface area contributed by atoms with Crippen molar-refractivity contribution < 1.29 is 38.9 Å². The van der Waals surface area contributed by atoms with Crippen LogP contribution in [0.5, 0.6) is 0 Å². The fourth-order valence-electron chi connectivity index (χ4n) is 14.6. The lowest BCUT2D eigenvalue weighted by atomic mass is 9.32. The minimum atomic E-state index is -1.17. The molecule has 5 rings (SSSR count). The Bertz CT molecular complexity index is 1640. The molecule has 0 spiro atoms. The number of carboxylic acids is 2. The van der Waals surface area contributed by atoms with E-state index in [2.05, 4.69) is 58.8 Å². The molecule has 340 valence electrons.